The minimum absolute atomic E-state index is 0.258. The van der Waals surface area contributed by atoms with Crippen LogP contribution < -0.4 is 0 Å². The smallest absolute Gasteiger partial charge is 0.188 e. The summed E-state index contributed by atoms with van der Waals surface area (Å²) < 4.78 is 0. The van der Waals surface area contributed by atoms with Crippen LogP contribution in [-0.4, -0.2) is 5.78 Å². The molecule has 1 nitrogen and oxygen atoms in total. The van der Waals surface area contributed by atoms with Gasteiger partial charge >= 0.3 is 0 Å². The molecular formula is C17H16O. The molecule has 0 spiro atoms. The van der Waals surface area contributed by atoms with E-state index in [1.54, 1.807) is 0 Å². The lowest BCUT2D eigenvalue weighted by atomic mass is 9.79. The highest BCUT2D eigenvalue weighted by molar-refractivity contribution is 6.09. The Morgan fingerprint density at radius 2 is 2.00 bits per heavy atom. The number of fused-ring (bicyclic) bond motifs is 5. The number of hydrogen-bond acceptors (Lipinski definition) is 1. The SMILES string of the molecule is O=C(C1=C[C@@H]2C[C@H]1[C@@H]1CC=C[C@@H]12)c1ccccc1. The summed E-state index contributed by atoms with van der Waals surface area (Å²) in [6, 6.07) is 9.71. The first-order valence-electron chi connectivity index (χ1n) is 6.83. The number of allylic oxidation sites excluding steroid dienone is 4. The number of ketones is 1. The lowest BCUT2D eigenvalue weighted by Gasteiger charge is -2.24. The minimum Gasteiger partial charge on any atom is -0.289 e. The summed E-state index contributed by atoms with van der Waals surface area (Å²) in [4.78, 5) is 12.5. The quantitative estimate of drug-likeness (QED) is 0.566. The first-order valence-corrected chi connectivity index (χ1v) is 6.83. The Kier molecular flexibility index (Phi) is 2.11. The summed E-state index contributed by atoms with van der Waals surface area (Å²) in [5.74, 6) is 2.84. The van der Waals surface area contributed by atoms with Gasteiger partial charge in [0, 0.05) is 5.56 Å². The molecule has 1 aromatic carbocycles. The first kappa shape index (κ1) is 10.3. The maximum absolute atomic E-state index is 12.5. The number of hydrogen-bond donors (Lipinski definition) is 0. The van der Waals surface area contributed by atoms with Gasteiger partial charge < -0.3 is 0 Å². The van der Waals surface area contributed by atoms with Crippen molar-refractivity contribution in [3.63, 3.8) is 0 Å². The highest BCUT2D eigenvalue weighted by Gasteiger charge is 2.49. The zero-order chi connectivity index (χ0) is 12.1. The second-order valence-electron chi connectivity index (χ2n) is 5.73. The molecule has 4 rings (SSSR count). The van der Waals surface area contributed by atoms with Crippen molar-refractivity contribution in [2.24, 2.45) is 23.7 Å². The van der Waals surface area contributed by atoms with E-state index >= 15 is 0 Å². The Morgan fingerprint density at radius 1 is 1.17 bits per heavy atom. The first-order chi connectivity index (χ1) is 8.84. The zero-order valence-corrected chi connectivity index (χ0v) is 10.3. The normalized spacial score (nSPS) is 35.7. The molecule has 1 fully saturated rings. The summed E-state index contributed by atoms with van der Waals surface area (Å²) in [6.45, 7) is 0. The molecule has 0 N–H and O–H groups in total. The van der Waals surface area contributed by atoms with Gasteiger partial charge in [-0.2, -0.15) is 0 Å². The largest absolute Gasteiger partial charge is 0.289 e. The van der Waals surface area contributed by atoms with Crippen LogP contribution in [0.1, 0.15) is 23.2 Å². The molecule has 1 heteroatoms. The third-order valence-electron chi connectivity index (χ3n) is 4.89. The maximum atomic E-state index is 12.5. The van der Waals surface area contributed by atoms with E-state index < -0.39 is 0 Å². The Hall–Kier alpha value is -1.63. The van der Waals surface area contributed by atoms with Crippen LogP contribution in [0.25, 0.3) is 0 Å². The van der Waals surface area contributed by atoms with E-state index in [-0.39, 0.29) is 5.78 Å². The topological polar surface area (TPSA) is 17.1 Å². The molecule has 1 saturated carbocycles. The number of carbonyl (C=O) groups is 1. The van der Waals surface area contributed by atoms with E-state index in [4.69, 9.17) is 0 Å². The molecule has 0 aliphatic heterocycles. The molecule has 4 atom stereocenters. The Balaban J connectivity index is 1.67. The highest BCUT2D eigenvalue weighted by Crippen LogP contribution is 2.56. The molecule has 0 saturated heterocycles. The molecule has 0 radical (unpaired) electrons. The summed E-state index contributed by atoms with van der Waals surface area (Å²) in [5, 5.41) is 0. The van der Waals surface area contributed by atoms with E-state index in [1.165, 1.54) is 12.8 Å². The second-order valence-corrected chi connectivity index (χ2v) is 5.73. The number of benzene rings is 1. The van der Waals surface area contributed by atoms with Crippen LogP contribution >= 0.6 is 0 Å². The Bertz CT molecular complexity index is 552. The minimum atomic E-state index is 0.258. The van der Waals surface area contributed by atoms with Crippen molar-refractivity contribution in [2.75, 3.05) is 0 Å². The average Bonchev–Trinajstić information content (AvgIpc) is 3.10. The molecule has 0 aromatic heterocycles. The van der Waals surface area contributed by atoms with Crippen molar-refractivity contribution in [2.45, 2.75) is 12.8 Å². The lowest BCUT2D eigenvalue weighted by Crippen LogP contribution is -2.21. The van der Waals surface area contributed by atoms with Crippen molar-refractivity contribution < 1.29 is 4.79 Å². The lowest BCUT2D eigenvalue weighted by molar-refractivity contribution is 0.101. The van der Waals surface area contributed by atoms with Crippen LogP contribution in [0.5, 0.6) is 0 Å². The Labute approximate surface area is 107 Å². The van der Waals surface area contributed by atoms with Gasteiger partial charge in [-0.05, 0) is 42.1 Å². The molecular weight excluding hydrogens is 220 g/mol. The molecule has 90 valence electrons. The van der Waals surface area contributed by atoms with Gasteiger partial charge in [-0.15, -0.1) is 0 Å². The van der Waals surface area contributed by atoms with E-state index in [1.807, 2.05) is 30.3 Å². The monoisotopic (exact) mass is 236 g/mol. The predicted octanol–water partition coefficient (Wildman–Crippen LogP) is 3.64. The fourth-order valence-electron chi connectivity index (χ4n) is 4.10. The summed E-state index contributed by atoms with van der Waals surface area (Å²) in [5.41, 5.74) is 1.94. The molecule has 0 heterocycles. The molecule has 2 bridgehead atoms. The third-order valence-corrected chi connectivity index (χ3v) is 4.89. The van der Waals surface area contributed by atoms with E-state index in [2.05, 4.69) is 18.2 Å². The summed E-state index contributed by atoms with van der Waals surface area (Å²) >= 11 is 0. The van der Waals surface area contributed by atoms with Crippen molar-refractivity contribution in [1.29, 1.82) is 0 Å². The summed E-state index contributed by atoms with van der Waals surface area (Å²) in [6.07, 6.45) is 9.31. The van der Waals surface area contributed by atoms with Crippen molar-refractivity contribution in [3.8, 4) is 0 Å². The standard InChI is InChI=1S/C17H16O/c18-17(11-5-2-1-3-6-11)16-10-12-9-15(16)14-8-4-7-13(12)14/h1-7,10,12-15H,8-9H2/t12-,13+,14+,15-/m0/s1. The molecule has 0 unspecified atom stereocenters. The molecule has 3 aliphatic carbocycles. The Morgan fingerprint density at radius 3 is 2.83 bits per heavy atom. The molecule has 3 aliphatic rings. The van der Waals surface area contributed by atoms with Crippen LogP contribution in [0.2, 0.25) is 0 Å². The van der Waals surface area contributed by atoms with Gasteiger partial charge in [-0.25, -0.2) is 0 Å². The van der Waals surface area contributed by atoms with Gasteiger partial charge in [0.1, 0.15) is 0 Å². The second kappa shape index (κ2) is 3.68. The fourth-order valence-corrected chi connectivity index (χ4v) is 4.10. The van der Waals surface area contributed by atoms with E-state index in [9.17, 15) is 4.79 Å². The predicted molar refractivity (Wildman–Crippen MR) is 71.2 cm³/mol. The average molecular weight is 236 g/mol. The van der Waals surface area contributed by atoms with E-state index in [0.29, 0.717) is 17.8 Å². The van der Waals surface area contributed by atoms with Gasteiger partial charge in [-0.1, -0.05) is 48.6 Å². The van der Waals surface area contributed by atoms with Crippen molar-refractivity contribution in [3.05, 3.63) is 59.7 Å². The van der Waals surface area contributed by atoms with Crippen LogP contribution in [0, 0.1) is 23.7 Å². The van der Waals surface area contributed by atoms with Gasteiger partial charge in [0.05, 0.1) is 0 Å². The maximum Gasteiger partial charge on any atom is 0.188 e. The van der Waals surface area contributed by atoms with Crippen LogP contribution in [0.15, 0.2) is 54.1 Å². The van der Waals surface area contributed by atoms with Gasteiger partial charge in [0.25, 0.3) is 0 Å². The van der Waals surface area contributed by atoms with Gasteiger partial charge in [0.2, 0.25) is 0 Å². The van der Waals surface area contributed by atoms with Gasteiger partial charge in [0.15, 0.2) is 5.78 Å². The van der Waals surface area contributed by atoms with Crippen LogP contribution in [-0.2, 0) is 0 Å². The highest BCUT2D eigenvalue weighted by atomic mass is 16.1. The number of carbonyl (C=O) groups excluding carboxylic acids is 1. The number of Topliss-reactive ketones (excluding diaryl/α,β-unsaturated/α-hetero) is 1. The van der Waals surface area contributed by atoms with Gasteiger partial charge in [-0.3, -0.25) is 4.79 Å². The molecule has 0 amide bonds. The zero-order valence-electron chi connectivity index (χ0n) is 10.3. The third kappa shape index (κ3) is 1.30. The summed E-state index contributed by atoms with van der Waals surface area (Å²) in [7, 11) is 0. The van der Waals surface area contributed by atoms with Crippen molar-refractivity contribution >= 4 is 5.78 Å². The van der Waals surface area contributed by atoms with E-state index in [0.717, 1.165) is 17.1 Å². The fraction of sp³-hybridized carbons (Fsp3) is 0.353. The molecule has 18 heavy (non-hydrogen) atoms. The van der Waals surface area contributed by atoms with Crippen molar-refractivity contribution in [1.82, 2.24) is 0 Å². The van der Waals surface area contributed by atoms with Crippen LogP contribution in [0.4, 0.5) is 0 Å². The number of rotatable bonds is 2. The molecule has 1 aromatic rings. The van der Waals surface area contributed by atoms with Crippen LogP contribution in [0.3, 0.4) is 0 Å².